The maximum atomic E-state index is 11.4. The van der Waals surface area contributed by atoms with Gasteiger partial charge in [-0.15, -0.1) is 0 Å². The van der Waals surface area contributed by atoms with Gasteiger partial charge in [-0.3, -0.25) is 4.79 Å². The summed E-state index contributed by atoms with van der Waals surface area (Å²) in [7, 11) is 0. The molecule has 1 atom stereocenters. The zero-order valence-electron chi connectivity index (χ0n) is 10.6. The molecule has 2 heteroatoms. The first kappa shape index (κ1) is 14.5. The van der Waals surface area contributed by atoms with Gasteiger partial charge < -0.3 is 5.32 Å². The molecular weight excluding hydrogens is 186 g/mol. The van der Waals surface area contributed by atoms with Gasteiger partial charge in [-0.2, -0.15) is 0 Å². The van der Waals surface area contributed by atoms with Crippen LogP contribution in [0.5, 0.6) is 0 Å². The zero-order valence-corrected chi connectivity index (χ0v) is 10.6. The van der Waals surface area contributed by atoms with Crippen molar-refractivity contribution >= 4 is 5.91 Å². The van der Waals surface area contributed by atoms with E-state index >= 15 is 0 Å². The average molecular weight is 213 g/mol. The van der Waals surface area contributed by atoms with Gasteiger partial charge in [0, 0.05) is 12.5 Å². The van der Waals surface area contributed by atoms with E-state index in [2.05, 4.69) is 26.1 Å². The molecule has 0 aromatic carbocycles. The molecule has 0 aromatic heterocycles. The first-order valence-corrected chi connectivity index (χ1v) is 6.50. The third kappa shape index (κ3) is 9.77. The van der Waals surface area contributed by atoms with E-state index in [0.29, 0.717) is 12.5 Å². The lowest BCUT2D eigenvalue weighted by molar-refractivity contribution is -0.121. The molecule has 0 fully saturated rings. The zero-order chi connectivity index (χ0) is 11.5. The van der Waals surface area contributed by atoms with Gasteiger partial charge in [0.05, 0.1) is 0 Å². The summed E-state index contributed by atoms with van der Waals surface area (Å²) in [5.74, 6) is 0.229. The van der Waals surface area contributed by atoms with E-state index < -0.39 is 0 Å². The number of carbonyl (C=O) groups excluding carboxylic acids is 1. The Bertz CT molecular complexity index is 157. The van der Waals surface area contributed by atoms with Crippen LogP contribution in [0, 0.1) is 0 Å². The lowest BCUT2D eigenvalue weighted by Crippen LogP contribution is -2.32. The number of carbonyl (C=O) groups is 1. The highest BCUT2D eigenvalue weighted by atomic mass is 16.1. The summed E-state index contributed by atoms with van der Waals surface area (Å²) in [6, 6.07) is 0.346. The molecule has 1 unspecified atom stereocenters. The van der Waals surface area contributed by atoms with E-state index in [9.17, 15) is 4.79 Å². The predicted octanol–water partition coefficient (Wildman–Crippen LogP) is 3.65. The van der Waals surface area contributed by atoms with Gasteiger partial charge in [0.25, 0.3) is 0 Å². The monoisotopic (exact) mass is 213 g/mol. The fourth-order valence-corrected chi connectivity index (χ4v) is 1.74. The van der Waals surface area contributed by atoms with Gasteiger partial charge in [-0.1, -0.05) is 46.0 Å². The van der Waals surface area contributed by atoms with Crippen molar-refractivity contribution in [3.05, 3.63) is 0 Å². The molecule has 0 heterocycles. The summed E-state index contributed by atoms with van der Waals surface area (Å²) in [6.07, 6.45) is 9.01. The van der Waals surface area contributed by atoms with Crippen molar-refractivity contribution in [3.63, 3.8) is 0 Å². The molecule has 0 rings (SSSR count). The van der Waals surface area contributed by atoms with E-state index in [0.717, 1.165) is 19.3 Å². The lowest BCUT2D eigenvalue weighted by Gasteiger charge is -2.12. The maximum Gasteiger partial charge on any atom is 0.220 e. The van der Waals surface area contributed by atoms with E-state index in [1.54, 1.807) is 0 Å². The quantitative estimate of drug-likeness (QED) is 0.582. The third-order valence-corrected chi connectivity index (χ3v) is 2.64. The Balaban J connectivity index is 3.32. The number of unbranched alkanes of at least 4 members (excludes halogenated alkanes) is 4. The molecule has 0 bridgehead atoms. The van der Waals surface area contributed by atoms with Crippen LogP contribution in [0.4, 0.5) is 0 Å². The maximum absolute atomic E-state index is 11.4. The van der Waals surface area contributed by atoms with Crippen LogP contribution in [0.2, 0.25) is 0 Å². The highest BCUT2D eigenvalue weighted by Gasteiger charge is 2.05. The molecule has 0 aromatic rings. The smallest absolute Gasteiger partial charge is 0.220 e. The molecule has 2 nitrogen and oxygen atoms in total. The Hall–Kier alpha value is -0.530. The Morgan fingerprint density at radius 3 is 2.33 bits per heavy atom. The van der Waals surface area contributed by atoms with Crippen molar-refractivity contribution in [2.75, 3.05) is 0 Å². The molecule has 0 saturated carbocycles. The van der Waals surface area contributed by atoms with Crippen molar-refractivity contribution in [2.24, 2.45) is 0 Å². The third-order valence-electron chi connectivity index (χ3n) is 2.64. The van der Waals surface area contributed by atoms with Crippen LogP contribution in [0.1, 0.15) is 72.1 Å². The Labute approximate surface area is 94.8 Å². The summed E-state index contributed by atoms with van der Waals surface area (Å²) in [6.45, 7) is 6.44. The summed E-state index contributed by atoms with van der Waals surface area (Å²) < 4.78 is 0. The molecule has 0 radical (unpaired) electrons. The first-order chi connectivity index (χ1) is 7.20. The number of rotatable bonds is 9. The second kappa shape index (κ2) is 10.0. The minimum Gasteiger partial charge on any atom is -0.354 e. The fraction of sp³-hybridized carbons (Fsp3) is 0.923. The number of nitrogens with one attached hydrogen (secondary N) is 1. The van der Waals surface area contributed by atoms with E-state index in [1.807, 2.05) is 0 Å². The summed E-state index contributed by atoms with van der Waals surface area (Å²) in [4.78, 5) is 11.4. The molecule has 15 heavy (non-hydrogen) atoms. The normalized spacial score (nSPS) is 12.5. The largest absolute Gasteiger partial charge is 0.354 e. The highest BCUT2D eigenvalue weighted by molar-refractivity contribution is 5.76. The first-order valence-electron chi connectivity index (χ1n) is 6.50. The summed E-state index contributed by atoms with van der Waals surface area (Å²) in [5.41, 5.74) is 0. The van der Waals surface area contributed by atoms with Crippen LogP contribution >= 0.6 is 0 Å². The summed E-state index contributed by atoms with van der Waals surface area (Å²) >= 11 is 0. The van der Waals surface area contributed by atoms with Gasteiger partial charge in [0.15, 0.2) is 0 Å². The van der Waals surface area contributed by atoms with Gasteiger partial charge >= 0.3 is 0 Å². The number of hydrogen-bond acceptors (Lipinski definition) is 1. The van der Waals surface area contributed by atoms with Crippen LogP contribution in [0.3, 0.4) is 0 Å². The molecule has 0 aliphatic rings. The fourth-order valence-electron chi connectivity index (χ4n) is 1.74. The molecule has 0 aliphatic heterocycles. The Morgan fingerprint density at radius 2 is 1.73 bits per heavy atom. The molecule has 0 aliphatic carbocycles. The average Bonchev–Trinajstić information content (AvgIpc) is 2.17. The van der Waals surface area contributed by atoms with Crippen LogP contribution < -0.4 is 5.32 Å². The van der Waals surface area contributed by atoms with Crippen LogP contribution in [-0.4, -0.2) is 11.9 Å². The second-order valence-corrected chi connectivity index (χ2v) is 4.42. The molecule has 0 saturated heterocycles. The van der Waals surface area contributed by atoms with Crippen LogP contribution in [-0.2, 0) is 4.79 Å². The summed E-state index contributed by atoms with van der Waals surface area (Å²) in [5, 5.41) is 3.03. The molecule has 1 N–H and O–H groups in total. The standard InChI is InChI=1S/C13H27NO/c1-4-6-7-8-9-11-13(15)14-12(3)10-5-2/h12H,4-11H2,1-3H3,(H,14,15). The minimum absolute atomic E-state index is 0.229. The van der Waals surface area contributed by atoms with Crippen molar-refractivity contribution in [3.8, 4) is 0 Å². The van der Waals surface area contributed by atoms with Crippen LogP contribution in [0.25, 0.3) is 0 Å². The predicted molar refractivity (Wildman–Crippen MR) is 65.9 cm³/mol. The number of hydrogen-bond donors (Lipinski definition) is 1. The van der Waals surface area contributed by atoms with Crippen LogP contribution in [0.15, 0.2) is 0 Å². The SMILES string of the molecule is CCCCCCCC(=O)NC(C)CCC. The molecule has 0 spiro atoms. The minimum atomic E-state index is 0.229. The van der Waals surface area contributed by atoms with Crippen molar-refractivity contribution in [1.29, 1.82) is 0 Å². The van der Waals surface area contributed by atoms with E-state index in [1.165, 1.54) is 25.7 Å². The number of amides is 1. The van der Waals surface area contributed by atoms with E-state index in [-0.39, 0.29) is 5.91 Å². The lowest BCUT2D eigenvalue weighted by atomic mass is 10.1. The van der Waals surface area contributed by atoms with Gasteiger partial charge in [0.2, 0.25) is 5.91 Å². The van der Waals surface area contributed by atoms with Crippen molar-refractivity contribution < 1.29 is 4.79 Å². The van der Waals surface area contributed by atoms with Crippen molar-refractivity contribution in [1.82, 2.24) is 5.32 Å². The second-order valence-electron chi connectivity index (χ2n) is 4.42. The van der Waals surface area contributed by atoms with Gasteiger partial charge in [-0.25, -0.2) is 0 Å². The van der Waals surface area contributed by atoms with Gasteiger partial charge in [0.1, 0.15) is 0 Å². The molecule has 90 valence electrons. The van der Waals surface area contributed by atoms with Crippen molar-refractivity contribution in [2.45, 2.75) is 78.2 Å². The highest BCUT2D eigenvalue weighted by Crippen LogP contribution is 2.05. The van der Waals surface area contributed by atoms with Gasteiger partial charge in [-0.05, 0) is 19.8 Å². The molecule has 1 amide bonds. The Kier molecular flexibility index (Phi) is 9.65. The topological polar surface area (TPSA) is 29.1 Å². The Morgan fingerprint density at radius 1 is 1.07 bits per heavy atom. The van der Waals surface area contributed by atoms with E-state index in [4.69, 9.17) is 0 Å². The molecular formula is C13H27NO.